The Balaban J connectivity index is 1.16. The first-order valence-corrected chi connectivity index (χ1v) is 22.9. The fraction of sp³-hybridized carbons (Fsp3) is 0.135. The van der Waals surface area contributed by atoms with Crippen LogP contribution in [0, 0.1) is 0 Å². The number of rotatable bonds is 8. The maximum atomic E-state index is 5.13. The molecule has 0 bridgehead atoms. The Bertz CT molecular complexity index is 2630. The second kappa shape index (κ2) is 15.1. The molecule has 0 aliphatic rings. The molecule has 0 unspecified atom stereocenters. The normalized spacial score (nSPS) is 11.8. The van der Waals surface area contributed by atoms with E-state index >= 15 is 0 Å². The van der Waals surface area contributed by atoms with E-state index in [4.69, 9.17) is 15.0 Å². The van der Waals surface area contributed by atoms with Gasteiger partial charge in [-0.1, -0.05) is 197 Å². The summed E-state index contributed by atoms with van der Waals surface area (Å²) >= 11 is 0. The molecule has 4 heteroatoms. The summed E-state index contributed by atoms with van der Waals surface area (Å²) in [6.07, 6.45) is 0. The molecule has 3 nitrogen and oxygen atoms in total. The van der Waals surface area contributed by atoms with Crippen molar-refractivity contribution in [3.63, 3.8) is 0 Å². The van der Waals surface area contributed by atoms with Gasteiger partial charge in [-0.05, 0) is 79.8 Å². The van der Waals surface area contributed by atoms with Crippen LogP contribution in [0.3, 0.4) is 0 Å². The van der Waals surface area contributed by atoms with Gasteiger partial charge >= 0.3 is 0 Å². The SMILES string of the molecule is CC(C)(C)c1ccc(-c2cccc(-c3cccc(-c4cccc(-c5nc(-c6ccc([Si](C)(C)C)cc6)nc(-c6cccc(-c7ccccc7)c6)n5)c4)c3)c2)cc1. The average molecular weight is 742 g/mol. The molecule has 0 atom stereocenters. The number of hydrogen-bond donors (Lipinski definition) is 0. The summed E-state index contributed by atoms with van der Waals surface area (Å²) in [4.78, 5) is 15.3. The van der Waals surface area contributed by atoms with Crippen molar-refractivity contribution in [2.75, 3.05) is 0 Å². The summed E-state index contributed by atoms with van der Waals surface area (Å²) < 4.78 is 0. The third-order valence-corrected chi connectivity index (χ3v) is 12.5. The van der Waals surface area contributed by atoms with Crippen LogP contribution in [-0.2, 0) is 5.41 Å². The highest BCUT2D eigenvalue weighted by Gasteiger charge is 2.18. The first kappa shape index (κ1) is 36.7. The van der Waals surface area contributed by atoms with Gasteiger partial charge in [-0.2, -0.15) is 0 Å². The van der Waals surface area contributed by atoms with E-state index in [2.05, 4.69) is 210 Å². The van der Waals surface area contributed by atoms with Gasteiger partial charge in [0.25, 0.3) is 0 Å². The fourth-order valence-electron chi connectivity index (χ4n) is 7.11. The molecule has 274 valence electrons. The van der Waals surface area contributed by atoms with Crippen molar-refractivity contribution in [3.8, 4) is 78.7 Å². The van der Waals surface area contributed by atoms with Gasteiger partial charge in [0.2, 0.25) is 0 Å². The van der Waals surface area contributed by atoms with Crippen LogP contribution >= 0.6 is 0 Å². The molecule has 0 spiro atoms. The van der Waals surface area contributed by atoms with Crippen molar-refractivity contribution in [3.05, 3.63) is 181 Å². The van der Waals surface area contributed by atoms with Crippen molar-refractivity contribution < 1.29 is 0 Å². The Labute approximate surface area is 332 Å². The summed E-state index contributed by atoms with van der Waals surface area (Å²) in [7, 11) is -1.47. The standard InChI is InChI=1S/C52H47N3Si/c1-52(2,3)47-28-24-37(25-29-47)39-16-10-18-41(32-39)42-19-11-20-43(33-42)44-21-13-23-46(35-44)51-54-49(38-26-30-48(31-27-38)56(4,5)6)53-50(55-51)45-22-12-17-40(34-45)36-14-8-7-9-15-36/h7-35H,1-6H3. The van der Waals surface area contributed by atoms with Gasteiger partial charge in [-0.3, -0.25) is 0 Å². The van der Waals surface area contributed by atoms with Gasteiger partial charge in [0.05, 0.1) is 8.07 Å². The Morgan fingerprint density at radius 2 is 0.643 bits per heavy atom. The van der Waals surface area contributed by atoms with E-state index in [-0.39, 0.29) is 5.41 Å². The van der Waals surface area contributed by atoms with Crippen LogP contribution in [0.2, 0.25) is 19.6 Å². The summed E-state index contributed by atoms with van der Waals surface area (Å²) in [5.41, 5.74) is 13.6. The second-order valence-corrected chi connectivity index (χ2v) is 21.7. The van der Waals surface area contributed by atoms with E-state index < -0.39 is 8.07 Å². The van der Waals surface area contributed by atoms with Crippen LogP contribution in [0.1, 0.15) is 26.3 Å². The molecule has 56 heavy (non-hydrogen) atoms. The molecule has 1 heterocycles. The Morgan fingerprint density at radius 3 is 1.05 bits per heavy atom. The van der Waals surface area contributed by atoms with Crippen LogP contribution < -0.4 is 5.19 Å². The topological polar surface area (TPSA) is 38.7 Å². The van der Waals surface area contributed by atoms with Gasteiger partial charge < -0.3 is 0 Å². The van der Waals surface area contributed by atoms with Crippen LogP contribution in [-0.4, -0.2) is 23.0 Å². The smallest absolute Gasteiger partial charge is 0.164 e. The zero-order valence-corrected chi connectivity index (χ0v) is 34.1. The van der Waals surface area contributed by atoms with Crippen LogP contribution in [0.4, 0.5) is 0 Å². The monoisotopic (exact) mass is 741 g/mol. The Hall–Kier alpha value is -6.23. The van der Waals surface area contributed by atoms with Crippen LogP contribution in [0.25, 0.3) is 78.7 Å². The minimum Gasteiger partial charge on any atom is -0.208 e. The van der Waals surface area contributed by atoms with Gasteiger partial charge in [0.15, 0.2) is 17.5 Å². The Morgan fingerprint density at radius 1 is 0.321 bits per heavy atom. The van der Waals surface area contributed by atoms with Crippen molar-refractivity contribution in [2.24, 2.45) is 0 Å². The van der Waals surface area contributed by atoms with Crippen LogP contribution in [0.15, 0.2) is 176 Å². The van der Waals surface area contributed by atoms with Gasteiger partial charge in [-0.25, -0.2) is 15.0 Å². The lowest BCUT2D eigenvalue weighted by atomic mass is 9.86. The lowest BCUT2D eigenvalue weighted by Crippen LogP contribution is -2.37. The molecule has 0 aliphatic heterocycles. The van der Waals surface area contributed by atoms with Gasteiger partial charge in [0, 0.05) is 16.7 Å². The molecule has 8 rings (SSSR count). The van der Waals surface area contributed by atoms with E-state index in [0.717, 1.165) is 38.9 Å². The third-order valence-electron chi connectivity index (χ3n) is 10.5. The highest BCUT2D eigenvalue weighted by atomic mass is 28.3. The van der Waals surface area contributed by atoms with Gasteiger partial charge in [0.1, 0.15) is 0 Å². The van der Waals surface area contributed by atoms with Crippen molar-refractivity contribution >= 4 is 13.3 Å². The molecule has 0 saturated heterocycles. The molecule has 0 aliphatic carbocycles. The van der Waals surface area contributed by atoms with Crippen molar-refractivity contribution in [1.82, 2.24) is 15.0 Å². The largest absolute Gasteiger partial charge is 0.208 e. The molecule has 0 radical (unpaired) electrons. The first-order valence-electron chi connectivity index (χ1n) is 19.4. The fourth-order valence-corrected chi connectivity index (χ4v) is 8.27. The summed E-state index contributed by atoms with van der Waals surface area (Å²) in [6, 6.07) is 62.9. The minimum absolute atomic E-state index is 0.125. The van der Waals surface area contributed by atoms with E-state index in [9.17, 15) is 0 Å². The lowest BCUT2D eigenvalue weighted by molar-refractivity contribution is 0.590. The predicted molar refractivity (Wildman–Crippen MR) is 240 cm³/mol. The van der Waals surface area contributed by atoms with E-state index in [1.54, 1.807) is 0 Å². The van der Waals surface area contributed by atoms with E-state index in [0.29, 0.717) is 17.5 Å². The maximum absolute atomic E-state index is 5.13. The summed E-state index contributed by atoms with van der Waals surface area (Å²) in [5, 5.41) is 1.41. The summed E-state index contributed by atoms with van der Waals surface area (Å²) in [5.74, 6) is 1.96. The zero-order valence-electron chi connectivity index (χ0n) is 33.1. The molecule has 0 amide bonds. The van der Waals surface area contributed by atoms with Crippen molar-refractivity contribution in [1.29, 1.82) is 0 Å². The Kier molecular flexibility index (Phi) is 9.92. The average Bonchev–Trinajstić information content (AvgIpc) is 3.23. The van der Waals surface area contributed by atoms with Crippen LogP contribution in [0.5, 0.6) is 0 Å². The quantitative estimate of drug-likeness (QED) is 0.146. The van der Waals surface area contributed by atoms with Gasteiger partial charge in [-0.15, -0.1) is 0 Å². The first-order chi connectivity index (χ1) is 27.0. The molecular weight excluding hydrogens is 695 g/mol. The molecule has 0 fully saturated rings. The second-order valence-electron chi connectivity index (χ2n) is 16.7. The number of hydrogen-bond acceptors (Lipinski definition) is 3. The highest BCUT2D eigenvalue weighted by Crippen LogP contribution is 2.33. The minimum atomic E-state index is -1.47. The lowest BCUT2D eigenvalue weighted by Gasteiger charge is -2.19. The number of nitrogens with zero attached hydrogens (tertiary/aromatic N) is 3. The number of aromatic nitrogens is 3. The third kappa shape index (κ3) is 8.07. The van der Waals surface area contributed by atoms with E-state index in [1.165, 1.54) is 33.0 Å². The van der Waals surface area contributed by atoms with E-state index in [1.807, 2.05) is 6.07 Å². The zero-order chi connectivity index (χ0) is 38.9. The molecule has 0 saturated carbocycles. The maximum Gasteiger partial charge on any atom is 0.164 e. The molecular formula is C52H47N3Si. The molecule has 1 aromatic heterocycles. The number of benzene rings is 7. The van der Waals surface area contributed by atoms with Crippen molar-refractivity contribution in [2.45, 2.75) is 45.8 Å². The molecule has 8 aromatic rings. The highest BCUT2D eigenvalue weighted by molar-refractivity contribution is 6.88. The molecule has 7 aromatic carbocycles. The predicted octanol–water partition coefficient (Wildman–Crippen LogP) is 13.4. The molecule has 0 N–H and O–H groups in total. The summed E-state index contributed by atoms with van der Waals surface area (Å²) in [6.45, 7) is 13.9.